The fourth-order valence-electron chi connectivity index (χ4n) is 3.45. The molecule has 1 aliphatic rings. The van der Waals surface area contributed by atoms with Crippen LogP contribution >= 0.6 is 11.6 Å². The summed E-state index contributed by atoms with van der Waals surface area (Å²) in [6.07, 6.45) is 4.16. The van der Waals surface area contributed by atoms with Gasteiger partial charge in [-0.25, -0.2) is 13.2 Å². The third-order valence-electron chi connectivity index (χ3n) is 4.73. The lowest BCUT2D eigenvalue weighted by Gasteiger charge is -2.36. The molecule has 0 saturated carbocycles. The zero-order valence-corrected chi connectivity index (χ0v) is 14.6. The van der Waals surface area contributed by atoms with E-state index in [1.54, 1.807) is 0 Å². The smallest absolute Gasteiger partial charge is 0.255 e. The van der Waals surface area contributed by atoms with Crippen LogP contribution in [0.2, 0.25) is 5.15 Å². The van der Waals surface area contributed by atoms with E-state index in [4.69, 9.17) is 11.6 Å². The molecular weight excluding hydrogens is 367 g/mol. The second-order valence-electron chi connectivity index (χ2n) is 6.33. The molecule has 0 radical (unpaired) electrons. The predicted octanol–water partition coefficient (Wildman–Crippen LogP) is 4.24. The zero-order chi connectivity index (χ0) is 18.4. The Morgan fingerprint density at radius 3 is 2.65 bits per heavy atom. The molecule has 0 N–H and O–H groups in total. The number of aromatic nitrogens is 4. The second-order valence-corrected chi connectivity index (χ2v) is 6.69. The van der Waals surface area contributed by atoms with Gasteiger partial charge in [0, 0.05) is 12.6 Å². The third-order valence-corrected chi connectivity index (χ3v) is 5.00. The molecule has 1 saturated heterocycles. The Hall–Kier alpha value is -2.35. The number of piperidine rings is 1. The number of benzene rings is 1. The summed E-state index contributed by atoms with van der Waals surface area (Å²) in [7, 11) is 0. The van der Waals surface area contributed by atoms with Crippen molar-refractivity contribution in [2.75, 3.05) is 11.4 Å². The van der Waals surface area contributed by atoms with Crippen molar-refractivity contribution in [1.82, 2.24) is 19.6 Å². The third kappa shape index (κ3) is 2.59. The lowest BCUT2D eigenvalue weighted by atomic mass is 10.0. The quantitative estimate of drug-likeness (QED) is 0.492. The van der Waals surface area contributed by atoms with Gasteiger partial charge in [0.05, 0.1) is 11.1 Å². The Bertz CT molecular complexity index is 990. The van der Waals surface area contributed by atoms with Gasteiger partial charge in [0.25, 0.3) is 5.78 Å². The number of fused-ring (bicyclic) bond motifs is 1. The van der Waals surface area contributed by atoms with E-state index in [0.29, 0.717) is 12.4 Å². The van der Waals surface area contributed by atoms with Crippen molar-refractivity contribution in [3.05, 3.63) is 41.1 Å². The van der Waals surface area contributed by atoms with Crippen LogP contribution in [0.1, 0.15) is 26.2 Å². The number of hydrogen-bond acceptors (Lipinski definition) is 4. The largest absolute Gasteiger partial charge is 0.353 e. The molecule has 1 atom stereocenters. The van der Waals surface area contributed by atoms with E-state index >= 15 is 0 Å². The normalized spacial score (nSPS) is 17.9. The summed E-state index contributed by atoms with van der Waals surface area (Å²) in [5, 5.41) is 3.99. The summed E-state index contributed by atoms with van der Waals surface area (Å²) in [5.74, 6) is -2.80. The van der Waals surface area contributed by atoms with Crippen LogP contribution in [-0.4, -0.2) is 32.2 Å². The SMILES string of the molecule is CC1CCCCN1c1c(-c2c(F)ccc(F)c2F)c(Cl)nc2ncnn12. The van der Waals surface area contributed by atoms with Crippen molar-refractivity contribution in [2.45, 2.75) is 32.2 Å². The number of anilines is 1. The number of nitrogens with zero attached hydrogens (tertiary/aromatic N) is 5. The highest BCUT2D eigenvalue weighted by molar-refractivity contribution is 6.33. The van der Waals surface area contributed by atoms with Gasteiger partial charge in [-0.05, 0) is 38.3 Å². The van der Waals surface area contributed by atoms with Gasteiger partial charge in [-0.3, -0.25) is 0 Å². The molecule has 9 heteroatoms. The molecule has 4 rings (SSSR count). The van der Waals surface area contributed by atoms with Gasteiger partial charge in [-0.2, -0.15) is 19.6 Å². The summed E-state index contributed by atoms with van der Waals surface area (Å²) in [4.78, 5) is 10.1. The number of halogens is 4. The molecular formula is C17H15ClF3N5. The van der Waals surface area contributed by atoms with Gasteiger partial charge in [-0.15, -0.1) is 0 Å². The molecule has 1 aromatic carbocycles. The van der Waals surface area contributed by atoms with E-state index < -0.39 is 23.0 Å². The molecule has 5 nitrogen and oxygen atoms in total. The van der Waals surface area contributed by atoms with Crippen molar-refractivity contribution in [3.8, 4) is 11.1 Å². The van der Waals surface area contributed by atoms with Crippen LogP contribution < -0.4 is 4.90 Å². The van der Waals surface area contributed by atoms with Gasteiger partial charge in [0.2, 0.25) is 0 Å². The lowest BCUT2D eigenvalue weighted by Crippen LogP contribution is -2.39. The highest BCUT2D eigenvalue weighted by Crippen LogP contribution is 2.41. The maximum Gasteiger partial charge on any atom is 0.255 e. The molecule has 3 heterocycles. The van der Waals surface area contributed by atoms with Crippen LogP contribution in [0.5, 0.6) is 0 Å². The van der Waals surface area contributed by atoms with Crippen LogP contribution in [0.3, 0.4) is 0 Å². The molecule has 0 aliphatic carbocycles. The first-order valence-corrected chi connectivity index (χ1v) is 8.66. The van der Waals surface area contributed by atoms with E-state index in [1.165, 1.54) is 10.8 Å². The Morgan fingerprint density at radius 1 is 1.12 bits per heavy atom. The first-order chi connectivity index (χ1) is 12.5. The molecule has 2 aromatic heterocycles. The molecule has 1 aliphatic heterocycles. The van der Waals surface area contributed by atoms with Crippen molar-refractivity contribution in [3.63, 3.8) is 0 Å². The average molecular weight is 382 g/mol. The first-order valence-electron chi connectivity index (χ1n) is 8.28. The van der Waals surface area contributed by atoms with Crippen LogP contribution in [0, 0.1) is 17.5 Å². The van der Waals surface area contributed by atoms with Gasteiger partial charge in [-0.1, -0.05) is 11.6 Å². The van der Waals surface area contributed by atoms with Gasteiger partial charge >= 0.3 is 0 Å². The molecule has 1 unspecified atom stereocenters. The Labute approximate surface area is 152 Å². The van der Waals surface area contributed by atoms with E-state index in [-0.39, 0.29) is 22.5 Å². The summed E-state index contributed by atoms with van der Waals surface area (Å²) in [6, 6.07) is 1.71. The zero-order valence-electron chi connectivity index (χ0n) is 13.9. The predicted molar refractivity (Wildman–Crippen MR) is 91.8 cm³/mol. The minimum atomic E-state index is -1.31. The molecule has 26 heavy (non-hydrogen) atoms. The van der Waals surface area contributed by atoms with Crippen molar-refractivity contribution in [2.24, 2.45) is 0 Å². The van der Waals surface area contributed by atoms with Gasteiger partial charge in [0.1, 0.15) is 23.1 Å². The highest BCUT2D eigenvalue weighted by Gasteiger charge is 2.30. The summed E-state index contributed by atoms with van der Waals surface area (Å²) in [5.41, 5.74) is -0.569. The minimum Gasteiger partial charge on any atom is -0.353 e. The Kier molecular flexibility index (Phi) is 4.22. The fourth-order valence-corrected chi connectivity index (χ4v) is 3.71. The monoisotopic (exact) mass is 381 g/mol. The summed E-state index contributed by atoms with van der Waals surface area (Å²) in [6.45, 7) is 2.67. The van der Waals surface area contributed by atoms with Crippen LogP contribution in [0.25, 0.3) is 16.9 Å². The van der Waals surface area contributed by atoms with Crippen LogP contribution in [0.4, 0.5) is 19.0 Å². The van der Waals surface area contributed by atoms with Crippen LogP contribution in [0.15, 0.2) is 18.5 Å². The van der Waals surface area contributed by atoms with E-state index in [1.807, 2.05) is 11.8 Å². The maximum absolute atomic E-state index is 14.5. The lowest BCUT2D eigenvalue weighted by molar-refractivity contribution is 0.477. The molecule has 136 valence electrons. The molecule has 3 aromatic rings. The van der Waals surface area contributed by atoms with Crippen molar-refractivity contribution < 1.29 is 13.2 Å². The molecule has 0 amide bonds. The van der Waals surface area contributed by atoms with Crippen molar-refractivity contribution >= 4 is 23.2 Å². The Balaban J connectivity index is 2.08. The summed E-state index contributed by atoms with van der Waals surface area (Å²) < 4.78 is 44.3. The maximum atomic E-state index is 14.5. The number of rotatable bonds is 2. The molecule has 0 spiro atoms. The van der Waals surface area contributed by atoms with E-state index in [2.05, 4.69) is 15.1 Å². The van der Waals surface area contributed by atoms with E-state index in [9.17, 15) is 13.2 Å². The second kappa shape index (κ2) is 6.42. The molecule has 0 bridgehead atoms. The summed E-state index contributed by atoms with van der Waals surface area (Å²) >= 11 is 6.29. The van der Waals surface area contributed by atoms with Gasteiger partial charge in [0.15, 0.2) is 11.6 Å². The van der Waals surface area contributed by atoms with Crippen molar-refractivity contribution in [1.29, 1.82) is 0 Å². The standard InChI is InChI=1S/C17H15ClF3N5/c1-9-4-2-3-7-25(9)16-13(12-10(19)5-6-11(20)14(12)21)15(18)24-17-22-8-23-26(16)17/h5-6,8-9H,2-4,7H2,1H3. The van der Waals surface area contributed by atoms with E-state index in [0.717, 1.165) is 31.4 Å². The van der Waals surface area contributed by atoms with Crippen LogP contribution in [-0.2, 0) is 0 Å². The number of hydrogen-bond donors (Lipinski definition) is 0. The Morgan fingerprint density at radius 2 is 1.88 bits per heavy atom. The minimum absolute atomic E-state index is 0.0204. The van der Waals surface area contributed by atoms with Gasteiger partial charge < -0.3 is 4.90 Å². The fraction of sp³-hybridized carbons (Fsp3) is 0.353. The highest BCUT2D eigenvalue weighted by atomic mass is 35.5. The topological polar surface area (TPSA) is 46.3 Å². The average Bonchev–Trinajstić information content (AvgIpc) is 3.07. The first kappa shape index (κ1) is 17.1. The molecule has 1 fully saturated rings.